The van der Waals surface area contributed by atoms with Crippen LogP contribution in [0.1, 0.15) is 30.4 Å². The van der Waals surface area contributed by atoms with Gasteiger partial charge in [-0.2, -0.15) is 0 Å². The summed E-state index contributed by atoms with van der Waals surface area (Å²) < 4.78 is 5.65. The van der Waals surface area contributed by atoms with Gasteiger partial charge in [0.15, 0.2) is 0 Å². The van der Waals surface area contributed by atoms with Crippen LogP contribution in [-0.4, -0.2) is 19.2 Å². The Kier molecular flexibility index (Phi) is 5.04. The Morgan fingerprint density at radius 2 is 1.92 bits per heavy atom. The Hall–Kier alpha value is -2.49. The highest BCUT2D eigenvalue weighted by Crippen LogP contribution is 2.40. The first-order valence-electron chi connectivity index (χ1n) is 8.49. The normalized spacial score (nSPS) is 15.2. The van der Waals surface area contributed by atoms with E-state index in [4.69, 9.17) is 4.74 Å². The van der Waals surface area contributed by atoms with Crippen molar-refractivity contribution in [1.29, 1.82) is 0 Å². The zero-order chi connectivity index (χ0) is 16.8. The molecule has 0 aromatic heterocycles. The van der Waals surface area contributed by atoms with Crippen LogP contribution in [0.3, 0.4) is 0 Å². The molecule has 0 unspecified atom stereocenters. The maximum absolute atomic E-state index is 12.2. The van der Waals surface area contributed by atoms with Crippen molar-refractivity contribution < 1.29 is 9.53 Å². The maximum atomic E-state index is 12.2. The average molecular weight is 324 g/mol. The summed E-state index contributed by atoms with van der Waals surface area (Å²) in [6, 6.07) is 18.0. The van der Waals surface area contributed by atoms with E-state index in [1.165, 1.54) is 5.56 Å². The second-order valence-electron chi connectivity index (χ2n) is 6.35. The summed E-state index contributed by atoms with van der Waals surface area (Å²) >= 11 is 0. The van der Waals surface area contributed by atoms with Crippen LogP contribution >= 0.6 is 0 Å². The zero-order valence-corrected chi connectivity index (χ0v) is 14.0. The van der Waals surface area contributed by atoms with Gasteiger partial charge in [0.25, 0.3) is 0 Å². The molecule has 0 spiro atoms. The fourth-order valence-electron chi connectivity index (χ4n) is 3.07. The molecule has 3 rings (SSSR count). The van der Waals surface area contributed by atoms with Crippen molar-refractivity contribution in [3.8, 4) is 5.75 Å². The molecule has 24 heavy (non-hydrogen) atoms. The molecule has 1 fully saturated rings. The molecule has 0 heterocycles. The van der Waals surface area contributed by atoms with Crippen LogP contribution in [0.5, 0.6) is 5.75 Å². The standard InChI is InChI=1S/C20H24N2O2/c1-16-7-5-10-18(15-16)24-14-13-21-19(23)22-20(11-6-12-20)17-8-3-2-4-9-17/h2-5,7-10,15H,6,11-14H2,1H3,(H2,21,22,23). The molecule has 2 aromatic rings. The number of aryl methyl sites for hydroxylation is 1. The smallest absolute Gasteiger partial charge is 0.315 e. The minimum atomic E-state index is -0.206. The maximum Gasteiger partial charge on any atom is 0.315 e. The van der Waals surface area contributed by atoms with Gasteiger partial charge < -0.3 is 15.4 Å². The number of carbonyl (C=O) groups excluding carboxylic acids is 1. The third-order valence-electron chi connectivity index (χ3n) is 4.53. The highest BCUT2D eigenvalue weighted by Gasteiger charge is 2.39. The zero-order valence-electron chi connectivity index (χ0n) is 14.0. The SMILES string of the molecule is Cc1cccc(OCCNC(=O)NC2(c3ccccc3)CCC2)c1. The Morgan fingerprint density at radius 3 is 2.58 bits per heavy atom. The molecule has 0 atom stereocenters. The van der Waals surface area contributed by atoms with Crippen LogP contribution in [0.4, 0.5) is 4.79 Å². The van der Waals surface area contributed by atoms with E-state index < -0.39 is 0 Å². The van der Waals surface area contributed by atoms with Gasteiger partial charge in [0.05, 0.1) is 12.1 Å². The quantitative estimate of drug-likeness (QED) is 0.795. The minimum absolute atomic E-state index is 0.133. The largest absolute Gasteiger partial charge is 0.492 e. The number of amides is 2. The molecule has 4 heteroatoms. The number of ether oxygens (including phenoxy) is 1. The highest BCUT2D eigenvalue weighted by atomic mass is 16.5. The Morgan fingerprint density at radius 1 is 1.12 bits per heavy atom. The van der Waals surface area contributed by atoms with Crippen molar-refractivity contribution in [2.45, 2.75) is 31.7 Å². The lowest BCUT2D eigenvalue weighted by Crippen LogP contribution is -2.54. The molecule has 0 aliphatic heterocycles. The molecule has 0 radical (unpaired) electrons. The van der Waals surface area contributed by atoms with Crippen LogP contribution in [0.25, 0.3) is 0 Å². The molecule has 2 N–H and O–H groups in total. The van der Waals surface area contributed by atoms with Crippen molar-refractivity contribution >= 4 is 6.03 Å². The number of benzene rings is 2. The molecule has 2 aromatic carbocycles. The molecule has 4 nitrogen and oxygen atoms in total. The lowest BCUT2D eigenvalue weighted by atomic mass is 9.72. The summed E-state index contributed by atoms with van der Waals surface area (Å²) in [4.78, 5) is 12.2. The summed E-state index contributed by atoms with van der Waals surface area (Å²) in [6.07, 6.45) is 3.13. The van der Waals surface area contributed by atoms with E-state index in [2.05, 4.69) is 22.8 Å². The number of rotatable bonds is 6. The summed E-state index contributed by atoms with van der Waals surface area (Å²) in [7, 11) is 0. The van der Waals surface area contributed by atoms with Crippen molar-refractivity contribution in [3.05, 3.63) is 65.7 Å². The second-order valence-corrected chi connectivity index (χ2v) is 6.35. The monoisotopic (exact) mass is 324 g/mol. The Bertz CT molecular complexity index is 681. The third kappa shape index (κ3) is 3.88. The van der Waals surface area contributed by atoms with E-state index >= 15 is 0 Å². The van der Waals surface area contributed by atoms with Gasteiger partial charge in [-0.1, -0.05) is 42.5 Å². The summed E-state index contributed by atoms with van der Waals surface area (Å²) in [6.45, 7) is 2.96. The molecule has 1 aliphatic carbocycles. The average Bonchev–Trinajstić information content (AvgIpc) is 2.56. The number of carbonyl (C=O) groups is 1. The lowest BCUT2D eigenvalue weighted by Gasteiger charge is -2.43. The number of nitrogens with one attached hydrogen (secondary N) is 2. The number of hydrogen-bond acceptors (Lipinski definition) is 2. The first-order valence-corrected chi connectivity index (χ1v) is 8.49. The molecular formula is C20H24N2O2. The minimum Gasteiger partial charge on any atom is -0.492 e. The number of hydrogen-bond donors (Lipinski definition) is 2. The van der Waals surface area contributed by atoms with E-state index in [9.17, 15) is 4.79 Å². The van der Waals surface area contributed by atoms with Gasteiger partial charge in [-0.05, 0) is 49.4 Å². The van der Waals surface area contributed by atoms with Crippen molar-refractivity contribution in [3.63, 3.8) is 0 Å². The number of urea groups is 1. The molecule has 0 bridgehead atoms. The molecular weight excluding hydrogens is 300 g/mol. The van der Waals surface area contributed by atoms with Crippen LogP contribution in [-0.2, 0) is 5.54 Å². The van der Waals surface area contributed by atoms with Gasteiger partial charge in [-0.15, -0.1) is 0 Å². The van der Waals surface area contributed by atoms with E-state index in [0.29, 0.717) is 13.2 Å². The predicted octanol–water partition coefficient (Wildman–Crippen LogP) is 3.75. The molecule has 1 saturated carbocycles. The summed E-state index contributed by atoms with van der Waals surface area (Å²) in [5.41, 5.74) is 2.14. The fraction of sp³-hybridized carbons (Fsp3) is 0.350. The fourth-order valence-corrected chi connectivity index (χ4v) is 3.07. The van der Waals surface area contributed by atoms with E-state index in [1.54, 1.807) is 0 Å². The van der Waals surface area contributed by atoms with Gasteiger partial charge in [0.1, 0.15) is 12.4 Å². The van der Waals surface area contributed by atoms with Crippen LogP contribution in [0, 0.1) is 6.92 Å². The molecule has 126 valence electrons. The van der Waals surface area contributed by atoms with E-state index in [0.717, 1.165) is 30.6 Å². The first kappa shape index (κ1) is 16.4. The summed E-state index contributed by atoms with van der Waals surface area (Å²) in [5, 5.41) is 6.03. The second kappa shape index (κ2) is 7.39. The molecule has 0 saturated heterocycles. The predicted molar refractivity (Wildman–Crippen MR) is 95.2 cm³/mol. The van der Waals surface area contributed by atoms with Gasteiger partial charge in [0, 0.05) is 0 Å². The topological polar surface area (TPSA) is 50.4 Å². The van der Waals surface area contributed by atoms with Gasteiger partial charge in [-0.25, -0.2) is 4.79 Å². The van der Waals surface area contributed by atoms with Crippen LogP contribution < -0.4 is 15.4 Å². The Balaban J connectivity index is 1.45. The van der Waals surface area contributed by atoms with Crippen molar-refractivity contribution in [1.82, 2.24) is 10.6 Å². The van der Waals surface area contributed by atoms with Gasteiger partial charge in [-0.3, -0.25) is 0 Å². The van der Waals surface area contributed by atoms with Crippen molar-refractivity contribution in [2.75, 3.05) is 13.2 Å². The third-order valence-corrected chi connectivity index (χ3v) is 4.53. The summed E-state index contributed by atoms with van der Waals surface area (Å²) in [5.74, 6) is 0.831. The van der Waals surface area contributed by atoms with Crippen LogP contribution in [0.2, 0.25) is 0 Å². The van der Waals surface area contributed by atoms with Crippen molar-refractivity contribution in [2.24, 2.45) is 0 Å². The van der Waals surface area contributed by atoms with E-state index in [1.807, 2.05) is 49.4 Å². The van der Waals surface area contributed by atoms with Gasteiger partial charge >= 0.3 is 6.03 Å². The first-order chi connectivity index (χ1) is 11.7. The molecule has 2 amide bonds. The molecule has 1 aliphatic rings. The Labute approximate surface area is 143 Å². The van der Waals surface area contributed by atoms with E-state index in [-0.39, 0.29) is 11.6 Å². The van der Waals surface area contributed by atoms with Gasteiger partial charge in [0.2, 0.25) is 0 Å². The lowest BCUT2D eigenvalue weighted by molar-refractivity contribution is 0.176. The van der Waals surface area contributed by atoms with Crippen LogP contribution in [0.15, 0.2) is 54.6 Å². The highest BCUT2D eigenvalue weighted by molar-refractivity contribution is 5.75.